The van der Waals surface area contributed by atoms with Crippen molar-refractivity contribution >= 4 is 39.1 Å². The first kappa shape index (κ1) is 20.0. The van der Waals surface area contributed by atoms with Gasteiger partial charge in [-0.05, 0) is 54.1 Å². The number of benzene rings is 3. The molecule has 0 radical (unpaired) electrons. The second-order valence-electron chi connectivity index (χ2n) is 6.71. The van der Waals surface area contributed by atoms with Gasteiger partial charge in [0.2, 0.25) is 0 Å². The molecule has 1 fully saturated rings. The molecule has 4 nitrogen and oxygen atoms in total. The monoisotopic (exact) mass is 469 g/mol. The Labute approximate surface area is 179 Å². The summed E-state index contributed by atoms with van der Waals surface area (Å²) in [5.41, 5.74) is 0.716. The minimum Gasteiger partial charge on any atom is -0.507 e. The lowest BCUT2D eigenvalue weighted by Gasteiger charge is -2.25. The number of ketones is 1. The molecular formula is C23H14BrF2NO3. The standard InChI is InChI=1S/C23H14BrF2NO3/c24-15-6-4-13(5-7-15)21(28)19-20(14-2-1-3-17(26)12-14)27(23(30)22(19)29)18-10-8-16(25)9-11-18/h1-12,20,28H/b21-19+. The molecule has 1 unspecified atom stereocenters. The summed E-state index contributed by atoms with van der Waals surface area (Å²) in [5.74, 6) is -3.24. The van der Waals surface area contributed by atoms with Crippen LogP contribution in [-0.4, -0.2) is 16.8 Å². The van der Waals surface area contributed by atoms with E-state index in [-0.39, 0.29) is 17.0 Å². The molecule has 1 N–H and O–H groups in total. The molecule has 4 rings (SSSR count). The summed E-state index contributed by atoms with van der Waals surface area (Å²) in [6.45, 7) is 0. The van der Waals surface area contributed by atoms with Crippen molar-refractivity contribution in [3.63, 3.8) is 0 Å². The van der Waals surface area contributed by atoms with Gasteiger partial charge in [0.25, 0.3) is 11.7 Å². The zero-order chi connectivity index (χ0) is 21.4. The maximum absolute atomic E-state index is 14.0. The third-order valence-electron chi connectivity index (χ3n) is 4.83. The number of halogens is 3. The Morgan fingerprint density at radius 2 is 1.57 bits per heavy atom. The Morgan fingerprint density at radius 1 is 0.900 bits per heavy atom. The van der Waals surface area contributed by atoms with E-state index < -0.39 is 29.4 Å². The van der Waals surface area contributed by atoms with Crippen molar-refractivity contribution in [1.82, 2.24) is 0 Å². The van der Waals surface area contributed by atoms with Gasteiger partial charge in [0.05, 0.1) is 11.6 Å². The molecule has 0 saturated carbocycles. The third-order valence-corrected chi connectivity index (χ3v) is 5.36. The van der Waals surface area contributed by atoms with Crippen LogP contribution in [0.25, 0.3) is 5.76 Å². The van der Waals surface area contributed by atoms with Crippen LogP contribution >= 0.6 is 15.9 Å². The van der Waals surface area contributed by atoms with E-state index in [1.807, 2.05) is 0 Å². The van der Waals surface area contributed by atoms with Gasteiger partial charge in [-0.2, -0.15) is 0 Å². The van der Waals surface area contributed by atoms with Crippen molar-refractivity contribution < 1.29 is 23.5 Å². The molecule has 1 atom stereocenters. The number of Topliss-reactive ketones (excluding diaryl/α,β-unsaturated/α-hetero) is 1. The average molecular weight is 470 g/mol. The maximum Gasteiger partial charge on any atom is 0.300 e. The second kappa shape index (κ2) is 7.84. The SMILES string of the molecule is O=C1C(=O)N(c2ccc(F)cc2)C(c2cccc(F)c2)/C1=C(\O)c1ccc(Br)cc1. The first-order chi connectivity index (χ1) is 14.4. The van der Waals surface area contributed by atoms with Gasteiger partial charge in [-0.25, -0.2) is 8.78 Å². The van der Waals surface area contributed by atoms with Gasteiger partial charge in [-0.15, -0.1) is 0 Å². The van der Waals surface area contributed by atoms with E-state index in [0.29, 0.717) is 11.1 Å². The average Bonchev–Trinajstić information content (AvgIpc) is 3.00. The lowest BCUT2D eigenvalue weighted by atomic mass is 9.95. The molecule has 1 heterocycles. The van der Waals surface area contributed by atoms with E-state index in [1.165, 1.54) is 30.3 Å². The Balaban J connectivity index is 1.95. The van der Waals surface area contributed by atoms with E-state index >= 15 is 0 Å². The van der Waals surface area contributed by atoms with Gasteiger partial charge >= 0.3 is 0 Å². The van der Waals surface area contributed by atoms with Crippen molar-refractivity contribution in [3.8, 4) is 0 Å². The van der Waals surface area contributed by atoms with E-state index in [9.17, 15) is 23.5 Å². The third kappa shape index (κ3) is 3.52. The molecule has 0 bridgehead atoms. The number of nitrogens with zero attached hydrogens (tertiary/aromatic N) is 1. The predicted octanol–water partition coefficient (Wildman–Crippen LogP) is 5.35. The zero-order valence-corrected chi connectivity index (χ0v) is 16.9. The van der Waals surface area contributed by atoms with Crippen LogP contribution in [0.15, 0.2) is 82.8 Å². The van der Waals surface area contributed by atoms with Gasteiger partial charge in [0.1, 0.15) is 17.4 Å². The van der Waals surface area contributed by atoms with Crippen LogP contribution in [0.2, 0.25) is 0 Å². The van der Waals surface area contributed by atoms with Crippen molar-refractivity contribution in [2.24, 2.45) is 0 Å². The molecule has 0 aliphatic carbocycles. The van der Waals surface area contributed by atoms with E-state index in [0.717, 1.165) is 21.5 Å². The number of hydrogen-bond acceptors (Lipinski definition) is 3. The Kier molecular flexibility index (Phi) is 5.22. The summed E-state index contributed by atoms with van der Waals surface area (Å²) >= 11 is 3.30. The van der Waals surface area contributed by atoms with Gasteiger partial charge in [0.15, 0.2) is 0 Å². The van der Waals surface area contributed by atoms with Crippen molar-refractivity contribution in [1.29, 1.82) is 0 Å². The molecule has 1 aliphatic rings. The number of hydrogen-bond donors (Lipinski definition) is 1. The molecule has 1 saturated heterocycles. The molecule has 1 amide bonds. The van der Waals surface area contributed by atoms with Gasteiger partial charge in [-0.3, -0.25) is 14.5 Å². The highest BCUT2D eigenvalue weighted by atomic mass is 79.9. The van der Waals surface area contributed by atoms with Crippen LogP contribution in [-0.2, 0) is 9.59 Å². The summed E-state index contributed by atoms with van der Waals surface area (Å²) in [7, 11) is 0. The zero-order valence-electron chi connectivity index (χ0n) is 15.4. The van der Waals surface area contributed by atoms with Crippen LogP contribution in [0.3, 0.4) is 0 Å². The first-order valence-corrected chi connectivity index (χ1v) is 9.74. The van der Waals surface area contributed by atoms with E-state index in [4.69, 9.17) is 0 Å². The predicted molar refractivity (Wildman–Crippen MR) is 112 cm³/mol. The van der Waals surface area contributed by atoms with Crippen LogP contribution in [0, 0.1) is 11.6 Å². The van der Waals surface area contributed by atoms with E-state index in [2.05, 4.69) is 15.9 Å². The largest absolute Gasteiger partial charge is 0.507 e. The van der Waals surface area contributed by atoms with Gasteiger partial charge in [-0.1, -0.05) is 40.2 Å². The summed E-state index contributed by atoms with van der Waals surface area (Å²) in [4.78, 5) is 27.0. The van der Waals surface area contributed by atoms with E-state index in [1.54, 1.807) is 30.3 Å². The number of aliphatic hydroxyl groups excluding tert-OH is 1. The number of aliphatic hydroxyl groups is 1. The van der Waals surface area contributed by atoms with Gasteiger partial charge in [0, 0.05) is 15.7 Å². The molecule has 150 valence electrons. The Hall–Kier alpha value is -3.32. The molecular weight excluding hydrogens is 456 g/mol. The van der Waals surface area contributed by atoms with Crippen LogP contribution in [0.5, 0.6) is 0 Å². The molecule has 0 spiro atoms. The normalized spacial score (nSPS) is 18.1. The maximum atomic E-state index is 14.0. The quantitative estimate of drug-likeness (QED) is 0.319. The summed E-state index contributed by atoms with van der Waals surface area (Å²) in [6, 6.07) is 15.9. The molecule has 3 aromatic rings. The van der Waals surface area contributed by atoms with Crippen molar-refractivity contribution in [2.45, 2.75) is 6.04 Å². The van der Waals surface area contributed by atoms with Gasteiger partial charge < -0.3 is 5.11 Å². The fourth-order valence-electron chi connectivity index (χ4n) is 3.46. The van der Waals surface area contributed by atoms with Crippen LogP contribution in [0.1, 0.15) is 17.2 Å². The summed E-state index contributed by atoms with van der Waals surface area (Å²) in [5, 5.41) is 10.9. The minimum absolute atomic E-state index is 0.169. The second-order valence-corrected chi connectivity index (χ2v) is 7.62. The topological polar surface area (TPSA) is 57.6 Å². The number of rotatable bonds is 3. The minimum atomic E-state index is -1.07. The fourth-order valence-corrected chi connectivity index (χ4v) is 3.72. The Morgan fingerprint density at radius 3 is 2.20 bits per heavy atom. The van der Waals surface area contributed by atoms with Crippen LogP contribution < -0.4 is 4.90 Å². The highest BCUT2D eigenvalue weighted by Gasteiger charge is 2.47. The lowest BCUT2D eigenvalue weighted by molar-refractivity contribution is -0.132. The van der Waals surface area contributed by atoms with Crippen molar-refractivity contribution in [3.05, 3.63) is 106 Å². The molecule has 30 heavy (non-hydrogen) atoms. The fraction of sp³-hybridized carbons (Fsp3) is 0.0435. The molecule has 1 aliphatic heterocycles. The molecule has 3 aromatic carbocycles. The highest BCUT2D eigenvalue weighted by Crippen LogP contribution is 2.42. The van der Waals surface area contributed by atoms with Crippen molar-refractivity contribution in [2.75, 3.05) is 4.90 Å². The number of anilines is 1. The molecule has 7 heteroatoms. The Bertz CT molecular complexity index is 1170. The van der Waals surface area contributed by atoms with Crippen LogP contribution in [0.4, 0.5) is 14.5 Å². The highest BCUT2D eigenvalue weighted by molar-refractivity contribution is 9.10. The smallest absolute Gasteiger partial charge is 0.300 e. The molecule has 0 aromatic heterocycles. The summed E-state index contributed by atoms with van der Waals surface area (Å²) in [6.07, 6.45) is 0. The summed E-state index contributed by atoms with van der Waals surface area (Å²) < 4.78 is 28.1. The number of carbonyl (C=O) groups is 2. The first-order valence-electron chi connectivity index (χ1n) is 8.95. The number of amides is 1. The lowest BCUT2D eigenvalue weighted by Crippen LogP contribution is -2.29. The number of carbonyl (C=O) groups excluding carboxylic acids is 2.